The Morgan fingerprint density at radius 1 is 1.12 bits per heavy atom. The largest absolute Gasteiger partial charge is 0.348 e. The van der Waals surface area contributed by atoms with Gasteiger partial charge >= 0.3 is 0 Å². The molecule has 2 nitrogen and oxygen atoms in total. The number of aromatic nitrogens is 2. The SMILES string of the molecule is CC(C)(C)c1ccc(Cc2ncc[nH]2)cc1.Cl. The molecule has 0 atom stereocenters. The van der Waals surface area contributed by atoms with Gasteiger partial charge in [-0.2, -0.15) is 0 Å². The summed E-state index contributed by atoms with van der Waals surface area (Å²) in [6, 6.07) is 8.78. The lowest BCUT2D eigenvalue weighted by atomic mass is 9.86. The van der Waals surface area contributed by atoms with Crippen LogP contribution < -0.4 is 0 Å². The number of imidazole rings is 1. The highest BCUT2D eigenvalue weighted by atomic mass is 35.5. The Labute approximate surface area is 109 Å². The van der Waals surface area contributed by atoms with Gasteiger partial charge < -0.3 is 4.98 Å². The molecular formula is C14H19ClN2. The topological polar surface area (TPSA) is 28.7 Å². The van der Waals surface area contributed by atoms with Crippen LogP contribution in [0.3, 0.4) is 0 Å². The Hall–Kier alpha value is -1.28. The molecule has 0 bridgehead atoms. The number of nitrogens with one attached hydrogen (secondary N) is 1. The average molecular weight is 251 g/mol. The third-order valence-corrected chi connectivity index (χ3v) is 2.75. The van der Waals surface area contributed by atoms with Crippen LogP contribution in [0.1, 0.15) is 37.7 Å². The molecule has 1 N–H and O–H groups in total. The molecule has 2 rings (SSSR count). The van der Waals surface area contributed by atoms with E-state index in [9.17, 15) is 0 Å². The number of hydrogen-bond donors (Lipinski definition) is 1. The lowest BCUT2D eigenvalue weighted by Gasteiger charge is -2.19. The van der Waals surface area contributed by atoms with Crippen molar-refractivity contribution in [3.05, 3.63) is 53.6 Å². The molecule has 1 heterocycles. The molecule has 0 aliphatic carbocycles. The van der Waals surface area contributed by atoms with E-state index < -0.39 is 0 Å². The van der Waals surface area contributed by atoms with E-state index >= 15 is 0 Å². The van der Waals surface area contributed by atoms with E-state index in [1.165, 1.54) is 11.1 Å². The summed E-state index contributed by atoms with van der Waals surface area (Å²) in [5.74, 6) is 1.02. The van der Waals surface area contributed by atoms with Crippen molar-refractivity contribution in [2.45, 2.75) is 32.6 Å². The quantitative estimate of drug-likeness (QED) is 0.865. The second-order valence-corrected chi connectivity index (χ2v) is 5.16. The second kappa shape index (κ2) is 5.37. The van der Waals surface area contributed by atoms with Gasteiger partial charge in [-0.05, 0) is 16.5 Å². The summed E-state index contributed by atoms with van der Waals surface area (Å²) in [7, 11) is 0. The minimum atomic E-state index is 0. The van der Waals surface area contributed by atoms with Gasteiger partial charge in [0, 0.05) is 18.8 Å². The summed E-state index contributed by atoms with van der Waals surface area (Å²) in [6.07, 6.45) is 4.52. The first kappa shape index (κ1) is 13.8. The van der Waals surface area contributed by atoms with Crippen molar-refractivity contribution in [2.24, 2.45) is 0 Å². The van der Waals surface area contributed by atoms with Crippen molar-refractivity contribution in [1.82, 2.24) is 9.97 Å². The summed E-state index contributed by atoms with van der Waals surface area (Å²) in [5.41, 5.74) is 2.89. The fourth-order valence-corrected chi connectivity index (χ4v) is 1.71. The fourth-order valence-electron chi connectivity index (χ4n) is 1.71. The van der Waals surface area contributed by atoms with Crippen LogP contribution in [0.15, 0.2) is 36.7 Å². The molecule has 0 unspecified atom stereocenters. The zero-order valence-corrected chi connectivity index (χ0v) is 11.3. The molecule has 0 radical (unpaired) electrons. The zero-order chi connectivity index (χ0) is 11.6. The first-order chi connectivity index (χ1) is 7.55. The molecule has 0 saturated carbocycles. The predicted octanol–water partition coefficient (Wildman–Crippen LogP) is 3.72. The molecule has 1 aromatic carbocycles. The molecule has 2 aromatic rings. The van der Waals surface area contributed by atoms with E-state index in [-0.39, 0.29) is 17.8 Å². The Kier molecular flexibility index (Phi) is 4.35. The van der Waals surface area contributed by atoms with Gasteiger partial charge in [0.25, 0.3) is 0 Å². The lowest BCUT2D eigenvalue weighted by molar-refractivity contribution is 0.590. The van der Waals surface area contributed by atoms with E-state index in [2.05, 4.69) is 55.0 Å². The van der Waals surface area contributed by atoms with Crippen molar-refractivity contribution in [3.8, 4) is 0 Å². The molecule has 0 amide bonds. The van der Waals surface area contributed by atoms with Gasteiger partial charge in [0.15, 0.2) is 0 Å². The summed E-state index contributed by atoms with van der Waals surface area (Å²) >= 11 is 0. The van der Waals surface area contributed by atoms with Crippen LogP contribution in [0.2, 0.25) is 0 Å². The third-order valence-electron chi connectivity index (χ3n) is 2.75. The Bertz CT molecular complexity index is 438. The summed E-state index contributed by atoms with van der Waals surface area (Å²) < 4.78 is 0. The number of benzene rings is 1. The van der Waals surface area contributed by atoms with Crippen LogP contribution in [0.25, 0.3) is 0 Å². The smallest absolute Gasteiger partial charge is 0.110 e. The van der Waals surface area contributed by atoms with Crippen LogP contribution in [-0.4, -0.2) is 9.97 Å². The van der Waals surface area contributed by atoms with E-state index in [1.54, 1.807) is 6.20 Å². The maximum absolute atomic E-state index is 4.23. The fraction of sp³-hybridized carbons (Fsp3) is 0.357. The third kappa shape index (κ3) is 3.60. The standard InChI is InChI=1S/C14H18N2.ClH/c1-14(2,3)12-6-4-11(5-7-12)10-13-15-8-9-16-13;/h4-9H,10H2,1-3H3,(H,15,16);1H. The number of H-pyrrole nitrogens is 1. The number of rotatable bonds is 2. The monoisotopic (exact) mass is 250 g/mol. The van der Waals surface area contributed by atoms with Gasteiger partial charge in [-0.3, -0.25) is 0 Å². The minimum Gasteiger partial charge on any atom is -0.348 e. The Morgan fingerprint density at radius 3 is 2.24 bits per heavy atom. The van der Waals surface area contributed by atoms with Crippen LogP contribution in [0, 0.1) is 0 Å². The molecule has 0 aliphatic rings. The molecule has 17 heavy (non-hydrogen) atoms. The van der Waals surface area contributed by atoms with E-state index in [1.807, 2.05) is 6.20 Å². The molecular weight excluding hydrogens is 232 g/mol. The van der Waals surface area contributed by atoms with Gasteiger partial charge in [0.1, 0.15) is 5.82 Å². The highest BCUT2D eigenvalue weighted by molar-refractivity contribution is 5.85. The minimum absolute atomic E-state index is 0. The first-order valence-corrected chi connectivity index (χ1v) is 5.63. The van der Waals surface area contributed by atoms with Crippen LogP contribution in [0.5, 0.6) is 0 Å². The Balaban J connectivity index is 0.00000144. The average Bonchev–Trinajstić information content (AvgIpc) is 2.70. The van der Waals surface area contributed by atoms with Gasteiger partial charge in [-0.25, -0.2) is 4.98 Å². The highest BCUT2D eigenvalue weighted by Gasteiger charge is 2.12. The van der Waals surface area contributed by atoms with Crippen LogP contribution >= 0.6 is 12.4 Å². The van der Waals surface area contributed by atoms with Gasteiger partial charge in [0.2, 0.25) is 0 Å². The first-order valence-electron chi connectivity index (χ1n) is 5.63. The van der Waals surface area contributed by atoms with Crippen molar-refractivity contribution < 1.29 is 0 Å². The van der Waals surface area contributed by atoms with Crippen LogP contribution in [-0.2, 0) is 11.8 Å². The van der Waals surface area contributed by atoms with Crippen molar-refractivity contribution >= 4 is 12.4 Å². The summed E-state index contributed by atoms with van der Waals surface area (Å²) in [5, 5.41) is 0. The molecule has 92 valence electrons. The van der Waals surface area contributed by atoms with Gasteiger partial charge in [-0.15, -0.1) is 12.4 Å². The maximum atomic E-state index is 4.23. The van der Waals surface area contributed by atoms with Gasteiger partial charge in [-0.1, -0.05) is 45.0 Å². The van der Waals surface area contributed by atoms with Crippen molar-refractivity contribution in [1.29, 1.82) is 0 Å². The summed E-state index contributed by atoms with van der Waals surface area (Å²) in [6.45, 7) is 6.69. The lowest BCUT2D eigenvalue weighted by Crippen LogP contribution is -2.10. The van der Waals surface area contributed by atoms with Crippen molar-refractivity contribution in [3.63, 3.8) is 0 Å². The maximum Gasteiger partial charge on any atom is 0.110 e. The van der Waals surface area contributed by atoms with E-state index in [0.717, 1.165) is 12.2 Å². The van der Waals surface area contributed by atoms with E-state index in [0.29, 0.717) is 0 Å². The van der Waals surface area contributed by atoms with E-state index in [4.69, 9.17) is 0 Å². The zero-order valence-electron chi connectivity index (χ0n) is 10.5. The predicted molar refractivity (Wildman–Crippen MR) is 73.8 cm³/mol. The molecule has 0 aliphatic heterocycles. The number of hydrogen-bond acceptors (Lipinski definition) is 1. The second-order valence-electron chi connectivity index (χ2n) is 5.16. The molecule has 1 aromatic heterocycles. The van der Waals surface area contributed by atoms with Gasteiger partial charge in [0.05, 0.1) is 0 Å². The normalized spacial score (nSPS) is 11.0. The highest BCUT2D eigenvalue weighted by Crippen LogP contribution is 2.22. The summed E-state index contributed by atoms with van der Waals surface area (Å²) in [4.78, 5) is 7.35. The number of halogens is 1. The molecule has 0 fully saturated rings. The Morgan fingerprint density at radius 2 is 1.76 bits per heavy atom. The number of nitrogens with zero attached hydrogens (tertiary/aromatic N) is 1. The van der Waals surface area contributed by atoms with Crippen molar-refractivity contribution in [2.75, 3.05) is 0 Å². The number of aromatic amines is 1. The molecule has 0 saturated heterocycles. The molecule has 0 spiro atoms. The molecule has 3 heteroatoms. The van der Waals surface area contributed by atoms with Crippen LogP contribution in [0.4, 0.5) is 0 Å².